The lowest BCUT2D eigenvalue weighted by molar-refractivity contribution is -0.180. The Bertz CT molecular complexity index is 1550. The smallest absolute Gasteiger partial charge is 0.145 e. The summed E-state index contributed by atoms with van der Waals surface area (Å²) in [4.78, 5) is 12.1. The number of aldehydes is 1. The van der Waals surface area contributed by atoms with Crippen LogP contribution >= 0.6 is 0 Å². The molecule has 2 fully saturated rings. The highest BCUT2D eigenvalue weighted by molar-refractivity contribution is 5.74. The van der Waals surface area contributed by atoms with E-state index < -0.39 is 23.3 Å². The fourth-order valence-corrected chi connectivity index (χ4v) is 9.80. The molecule has 0 amide bonds. The van der Waals surface area contributed by atoms with E-state index >= 15 is 0 Å². The van der Waals surface area contributed by atoms with E-state index in [1.165, 1.54) is 11.1 Å². The third-order valence-electron chi connectivity index (χ3n) is 13.0. The summed E-state index contributed by atoms with van der Waals surface area (Å²) in [7, 11) is 3.55. The predicted molar refractivity (Wildman–Crippen MR) is 216 cm³/mol. The van der Waals surface area contributed by atoms with Gasteiger partial charge in [0.1, 0.15) is 12.5 Å². The first-order valence-corrected chi connectivity index (χ1v) is 20.0. The summed E-state index contributed by atoms with van der Waals surface area (Å²) in [5, 5.41) is 63.3. The number of aliphatic hydroxyl groups is 5. The number of allylic oxidation sites excluding steroid dienone is 7. The van der Waals surface area contributed by atoms with Gasteiger partial charge in [-0.2, -0.15) is 0 Å². The molecule has 4 rings (SSSR count). The molecule has 1 heterocycles. The highest BCUT2D eigenvalue weighted by atomic mass is 16.5. The number of carbonyl (C=O) groups is 1. The zero-order valence-electron chi connectivity index (χ0n) is 33.4. The molecule has 9 nitrogen and oxygen atoms in total. The van der Waals surface area contributed by atoms with Crippen molar-refractivity contribution in [3.8, 4) is 0 Å². The largest absolute Gasteiger partial charge is 0.396 e. The number of hydrogen-bond donors (Lipinski definition) is 7. The van der Waals surface area contributed by atoms with Crippen LogP contribution in [0.4, 0.5) is 0 Å². The van der Waals surface area contributed by atoms with E-state index in [0.29, 0.717) is 75.7 Å². The Labute approximate surface area is 324 Å². The Hall–Kier alpha value is -2.73. The first-order chi connectivity index (χ1) is 25.8. The highest BCUT2D eigenvalue weighted by Crippen LogP contribution is 2.63. The molecule has 9 heteroatoms. The van der Waals surface area contributed by atoms with Gasteiger partial charge in [0.15, 0.2) is 0 Å². The van der Waals surface area contributed by atoms with Crippen molar-refractivity contribution in [2.24, 2.45) is 23.2 Å². The van der Waals surface area contributed by atoms with Gasteiger partial charge in [0, 0.05) is 37.2 Å². The highest BCUT2D eigenvalue weighted by Gasteiger charge is 2.65. The summed E-state index contributed by atoms with van der Waals surface area (Å²) in [5.74, 6) is -0.600. The van der Waals surface area contributed by atoms with Crippen molar-refractivity contribution in [1.82, 2.24) is 10.6 Å². The van der Waals surface area contributed by atoms with Crippen LogP contribution in [0.15, 0.2) is 83.0 Å². The average Bonchev–Trinajstić information content (AvgIpc) is 3.50. The van der Waals surface area contributed by atoms with E-state index in [1.807, 2.05) is 39.1 Å². The van der Waals surface area contributed by atoms with Gasteiger partial charge in [-0.25, -0.2) is 0 Å². The van der Waals surface area contributed by atoms with Crippen LogP contribution in [0.2, 0.25) is 0 Å². The Kier molecular flexibility index (Phi) is 16.2. The summed E-state index contributed by atoms with van der Waals surface area (Å²) in [6.45, 7) is 11.3. The Morgan fingerprint density at radius 1 is 1.17 bits per heavy atom. The number of carbonyl (C=O) groups excluding carboxylic acids is 1. The van der Waals surface area contributed by atoms with Crippen LogP contribution < -0.4 is 10.6 Å². The first kappa shape index (κ1) is 44.0. The molecule has 1 aromatic carbocycles. The van der Waals surface area contributed by atoms with E-state index in [-0.39, 0.29) is 36.5 Å². The van der Waals surface area contributed by atoms with Gasteiger partial charge in [-0.3, -0.25) is 10.1 Å². The summed E-state index contributed by atoms with van der Waals surface area (Å²) >= 11 is 0. The number of nitrogens with one attached hydrogen (secondary N) is 2. The molecule has 0 saturated heterocycles. The molecular formula is C45H68N2O7. The minimum Gasteiger partial charge on any atom is -0.396 e. The molecular weight excluding hydrogens is 681 g/mol. The molecule has 2 aliphatic carbocycles. The van der Waals surface area contributed by atoms with Gasteiger partial charge in [-0.15, -0.1) is 0 Å². The third kappa shape index (κ3) is 9.98. The van der Waals surface area contributed by atoms with Crippen molar-refractivity contribution < 1.29 is 35.1 Å². The van der Waals surface area contributed by atoms with Crippen LogP contribution in [-0.2, 0) is 22.4 Å². The van der Waals surface area contributed by atoms with E-state index in [0.717, 1.165) is 42.3 Å². The second-order valence-corrected chi connectivity index (χ2v) is 16.5. The summed E-state index contributed by atoms with van der Waals surface area (Å²) in [5.41, 5.74) is 3.99. The summed E-state index contributed by atoms with van der Waals surface area (Å²) in [6.07, 6.45) is 13.6. The summed E-state index contributed by atoms with van der Waals surface area (Å²) in [6, 6.07) is 8.62. The van der Waals surface area contributed by atoms with E-state index in [2.05, 4.69) is 54.5 Å². The lowest BCUT2D eigenvalue weighted by atomic mass is 9.51. The number of rotatable bonds is 15. The molecule has 1 aromatic rings. The monoisotopic (exact) mass is 749 g/mol. The normalized spacial score (nSPS) is 33.3. The molecule has 2 bridgehead atoms. The lowest BCUT2D eigenvalue weighted by Gasteiger charge is -2.57. The van der Waals surface area contributed by atoms with Crippen molar-refractivity contribution in [3.05, 3.63) is 94.1 Å². The molecule has 54 heavy (non-hydrogen) atoms. The van der Waals surface area contributed by atoms with Crippen molar-refractivity contribution in [2.45, 2.75) is 115 Å². The first-order valence-electron chi connectivity index (χ1n) is 20.0. The molecule has 300 valence electrons. The molecule has 8 atom stereocenters. The van der Waals surface area contributed by atoms with E-state index in [9.17, 15) is 30.3 Å². The van der Waals surface area contributed by atoms with Gasteiger partial charge in [-0.05, 0) is 145 Å². The zero-order chi connectivity index (χ0) is 39.5. The lowest BCUT2D eigenvalue weighted by Crippen LogP contribution is -2.61. The predicted octanol–water partition coefficient (Wildman–Crippen LogP) is 5.27. The van der Waals surface area contributed by atoms with Crippen LogP contribution in [0.25, 0.3) is 0 Å². The fraction of sp³-hybridized carbons (Fsp3) is 0.622. The topological polar surface area (TPSA) is 152 Å². The number of methoxy groups -OCH3 is 1. The van der Waals surface area contributed by atoms with Gasteiger partial charge in [0.25, 0.3) is 0 Å². The Morgan fingerprint density at radius 2 is 1.93 bits per heavy atom. The fourth-order valence-electron chi connectivity index (χ4n) is 9.80. The molecule has 3 aliphatic rings. The van der Waals surface area contributed by atoms with Crippen LogP contribution in [0.5, 0.6) is 0 Å². The minimum absolute atomic E-state index is 0.0154. The third-order valence-corrected chi connectivity index (χ3v) is 13.0. The van der Waals surface area contributed by atoms with Gasteiger partial charge in [-0.1, -0.05) is 66.3 Å². The van der Waals surface area contributed by atoms with Crippen molar-refractivity contribution in [3.63, 3.8) is 0 Å². The molecule has 0 unspecified atom stereocenters. The second-order valence-electron chi connectivity index (χ2n) is 16.5. The maximum Gasteiger partial charge on any atom is 0.145 e. The van der Waals surface area contributed by atoms with Crippen LogP contribution in [0.3, 0.4) is 0 Å². The second kappa shape index (κ2) is 19.9. The molecule has 2 saturated carbocycles. The maximum absolute atomic E-state index is 12.5. The molecule has 0 aromatic heterocycles. The Morgan fingerprint density at radius 3 is 2.61 bits per heavy atom. The number of aliphatic hydroxyl groups excluding tert-OH is 4. The van der Waals surface area contributed by atoms with Crippen molar-refractivity contribution in [1.29, 1.82) is 0 Å². The summed E-state index contributed by atoms with van der Waals surface area (Å²) < 4.78 is 5.39. The van der Waals surface area contributed by atoms with Crippen LogP contribution in [-0.4, -0.2) is 95.8 Å². The standard InChI is InChI=1S/C45H68N2O7/c1-31(36-16-15-32(2)42(52)47-43(4,22-25-54-6)28-35-12-8-11-34(26-35)27-36)10-7-13-37(30-50)39-18-20-45(41(39)51)40(14-9-24-48)38(33(3)29-49)17-19-44(45,53)21-23-46-5/h7-8,10-13,15,26,29,36,39-42,46-48,50-53H,1,9,14,16-25,27-28,30H2,2-6H3/t36-,39+,40-,41+,42+,43-,44-,45+/m0/s1. The van der Waals surface area contributed by atoms with Gasteiger partial charge >= 0.3 is 0 Å². The van der Waals surface area contributed by atoms with E-state index in [4.69, 9.17) is 4.74 Å². The molecule has 7 N–H and O–H groups in total. The molecule has 1 aliphatic heterocycles. The Balaban J connectivity index is 1.62. The van der Waals surface area contributed by atoms with Crippen molar-refractivity contribution >= 4 is 6.29 Å². The van der Waals surface area contributed by atoms with Gasteiger partial charge in [0.05, 0.1) is 18.3 Å². The SMILES string of the molecule is C=C(C=CC=C(CO)[C@H]1CC[C@]2([C@@H]1O)[C@@H](CCCO)C(=C(C)C=O)CC[C@]2(O)CCNC)[C@H]1CC=C(C)[C@@H](O)N[C@@](C)(CCOC)Cc2cccc(c2)C1. The van der Waals surface area contributed by atoms with Crippen LogP contribution in [0, 0.1) is 23.2 Å². The average molecular weight is 749 g/mol. The number of benzene rings is 1. The quantitative estimate of drug-likeness (QED) is 0.0551. The van der Waals surface area contributed by atoms with Crippen molar-refractivity contribution in [2.75, 3.05) is 40.5 Å². The molecule has 1 spiro atoms. The van der Waals surface area contributed by atoms with Gasteiger partial charge in [0.2, 0.25) is 0 Å². The molecule has 0 radical (unpaired) electrons. The number of fused-ring (bicyclic) bond motifs is 2. The van der Waals surface area contributed by atoms with E-state index in [1.54, 1.807) is 7.11 Å². The van der Waals surface area contributed by atoms with Gasteiger partial charge < -0.3 is 35.6 Å². The van der Waals surface area contributed by atoms with Crippen LogP contribution in [0.1, 0.15) is 89.7 Å². The maximum atomic E-state index is 12.5. The minimum atomic E-state index is -1.19. The number of hydrogen-bond acceptors (Lipinski definition) is 9. The number of ether oxygens (including phenoxy) is 1. The zero-order valence-corrected chi connectivity index (χ0v) is 33.4.